The molecule has 0 aromatic carbocycles. The van der Waals surface area contributed by atoms with Crippen molar-refractivity contribution >= 4 is 29.5 Å². The van der Waals surface area contributed by atoms with Crippen LogP contribution in [0.25, 0.3) is 0 Å². The summed E-state index contributed by atoms with van der Waals surface area (Å²) >= 11 is 0. The molecule has 5 N–H and O–H groups in total. The number of carboxylic acids is 3. The molecule has 0 spiro atoms. The summed E-state index contributed by atoms with van der Waals surface area (Å²) in [6.07, 6.45) is 0.977. The zero-order chi connectivity index (χ0) is 29.8. The van der Waals surface area contributed by atoms with E-state index in [0.29, 0.717) is 29.9 Å². The van der Waals surface area contributed by atoms with Gasteiger partial charge in [0.05, 0.1) is 18.0 Å². The normalized spacial score (nSPS) is 25.3. The van der Waals surface area contributed by atoms with Gasteiger partial charge in [-0.25, -0.2) is 4.79 Å². The van der Waals surface area contributed by atoms with Crippen LogP contribution in [0.1, 0.15) is 47.0 Å². The fourth-order valence-corrected chi connectivity index (χ4v) is 6.26. The molecular weight excluding hydrogens is 524 g/mol. The third-order valence-electron chi connectivity index (χ3n) is 7.75. The fraction of sp³-hybridized carbons (Fsp3) is 0.667. The van der Waals surface area contributed by atoms with Gasteiger partial charge in [-0.15, -0.1) is 0 Å². The molecule has 13 nitrogen and oxygen atoms in total. The zero-order valence-corrected chi connectivity index (χ0v) is 23.3. The van der Waals surface area contributed by atoms with Gasteiger partial charge in [-0.1, -0.05) is 0 Å². The van der Waals surface area contributed by atoms with E-state index in [4.69, 9.17) is 5.11 Å². The number of piperidine rings is 1. The predicted molar refractivity (Wildman–Crippen MR) is 140 cm³/mol. The number of allylic oxidation sites excluding steroid dienone is 1. The number of ketones is 2. The standard InChI is InChI=1S/C15H25NO7.C12H13N3O2/c1-13(2)5-8(6-14(3,4)16-13)10(11(19)20)15(23,12(21)22)7-9(17)18;16-9-7-8(13-1-2-13)12(17)11(15-5-6-15)10(9)14-3-4-14/h8,10,16,23H,5-7H2,1-4H3,(H,17,18)(H,19,20)(H,21,22);7H,1-6H2. The first-order valence-electron chi connectivity index (χ1n) is 13.5. The number of carboxylic acid groups (broad SMARTS) is 3. The van der Waals surface area contributed by atoms with Crippen LogP contribution in [0, 0.1) is 11.8 Å². The smallest absolute Gasteiger partial charge is 0.337 e. The van der Waals surface area contributed by atoms with Gasteiger partial charge in [-0.05, 0) is 46.5 Å². The minimum atomic E-state index is -2.86. The van der Waals surface area contributed by atoms with Crippen LogP contribution in [0.15, 0.2) is 23.2 Å². The van der Waals surface area contributed by atoms with E-state index >= 15 is 0 Å². The molecule has 0 bridgehead atoms. The van der Waals surface area contributed by atoms with Crippen molar-refractivity contribution in [2.24, 2.45) is 11.8 Å². The van der Waals surface area contributed by atoms with Gasteiger partial charge in [0, 0.05) is 56.4 Å². The molecule has 4 saturated heterocycles. The number of hydrogen-bond acceptors (Lipinski definition) is 10. The lowest BCUT2D eigenvalue weighted by atomic mass is 9.65. The third kappa shape index (κ3) is 6.30. The highest BCUT2D eigenvalue weighted by atomic mass is 16.4. The Kier molecular flexibility index (Phi) is 7.52. The van der Waals surface area contributed by atoms with E-state index in [2.05, 4.69) is 5.32 Å². The molecule has 4 aliphatic heterocycles. The number of hydrogen-bond donors (Lipinski definition) is 5. The van der Waals surface area contributed by atoms with Crippen LogP contribution in [-0.4, -0.2) is 121 Å². The lowest BCUT2D eigenvalue weighted by Crippen LogP contribution is -2.62. The summed E-state index contributed by atoms with van der Waals surface area (Å²) in [5, 5.41) is 41.5. The summed E-state index contributed by atoms with van der Waals surface area (Å²) in [6, 6.07) is 0. The number of aliphatic hydroxyl groups is 1. The van der Waals surface area contributed by atoms with Crippen molar-refractivity contribution in [3.8, 4) is 0 Å². The number of nitrogens with one attached hydrogen (secondary N) is 1. The number of carbonyl (C=O) groups excluding carboxylic acids is 2. The van der Waals surface area contributed by atoms with Crippen LogP contribution in [0.5, 0.6) is 0 Å². The average molecular weight is 563 g/mol. The Morgan fingerprint density at radius 2 is 1.38 bits per heavy atom. The van der Waals surface area contributed by atoms with Crippen molar-refractivity contribution in [3.05, 3.63) is 23.2 Å². The quantitative estimate of drug-likeness (QED) is 0.182. The monoisotopic (exact) mass is 562 g/mol. The van der Waals surface area contributed by atoms with E-state index in [-0.39, 0.29) is 11.6 Å². The first-order valence-corrected chi connectivity index (χ1v) is 13.5. The van der Waals surface area contributed by atoms with Gasteiger partial charge in [0.15, 0.2) is 5.60 Å². The maximum Gasteiger partial charge on any atom is 0.337 e. The van der Waals surface area contributed by atoms with E-state index in [1.165, 1.54) is 6.08 Å². The van der Waals surface area contributed by atoms with Crippen LogP contribution in [0.4, 0.5) is 0 Å². The van der Waals surface area contributed by atoms with E-state index in [1.54, 1.807) is 0 Å². The largest absolute Gasteiger partial charge is 0.481 e. The highest BCUT2D eigenvalue weighted by molar-refractivity contribution is 6.22. The van der Waals surface area contributed by atoms with Crippen molar-refractivity contribution < 1.29 is 44.4 Å². The molecule has 2 unspecified atom stereocenters. The Bertz CT molecular complexity index is 1180. The zero-order valence-electron chi connectivity index (χ0n) is 23.3. The summed E-state index contributed by atoms with van der Waals surface area (Å²) in [5.74, 6) is -7.24. The Balaban J connectivity index is 0.000000191. The van der Waals surface area contributed by atoms with Crippen LogP contribution in [0.2, 0.25) is 0 Å². The van der Waals surface area contributed by atoms with Crippen molar-refractivity contribution in [2.45, 2.75) is 63.6 Å². The van der Waals surface area contributed by atoms with Crippen LogP contribution >= 0.6 is 0 Å². The SMILES string of the molecule is CC1(C)CC(C(C(=O)O)C(O)(CC(=O)O)C(=O)O)CC(C)(C)N1.O=C1C=C(N2CC2)C(=O)C(N2CC2)=C1N1CC1. The molecule has 0 radical (unpaired) electrons. The Labute approximate surface area is 232 Å². The van der Waals surface area contributed by atoms with E-state index in [0.717, 1.165) is 39.3 Å². The second-order valence-electron chi connectivity index (χ2n) is 12.6. The third-order valence-corrected chi connectivity index (χ3v) is 7.75. The van der Waals surface area contributed by atoms with Crippen molar-refractivity contribution in [1.29, 1.82) is 0 Å². The highest BCUT2D eigenvalue weighted by Gasteiger charge is 2.56. The summed E-state index contributed by atoms with van der Waals surface area (Å²) in [7, 11) is 0. The van der Waals surface area contributed by atoms with E-state index < -0.39 is 52.8 Å². The lowest BCUT2D eigenvalue weighted by molar-refractivity contribution is -0.185. The molecule has 0 aromatic rings. The molecule has 40 heavy (non-hydrogen) atoms. The lowest BCUT2D eigenvalue weighted by Gasteiger charge is -2.49. The molecule has 0 saturated carbocycles. The number of aliphatic carboxylic acids is 3. The van der Waals surface area contributed by atoms with E-state index in [9.17, 15) is 39.3 Å². The minimum absolute atomic E-state index is 0.00546. The molecule has 5 aliphatic rings. The summed E-state index contributed by atoms with van der Waals surface area (Å²) < 4.78 is 0. The van der Waals surface area contributed by atoms with Gasteiger partial charge in [0.25, 0.3) is 0 Å². The molecule has 220 valence electrons. The van der Waals surface area contributed by atoms with Gasteiger partial charge in [0.2, 0.25) is 11.6 Å². The maximum absolute atomic E-state index is 12.4. The van der Waals surface area contributed by atoms with Crippen molar-refractivity contribution in [2.75, 3.05) is 39.3 Å². The molecule has 1 aliphatic carbocycles. The summed E-state index contributed by atoms with van der Waals surface area (Å²) in [5.41, 5.74) is -1.91. The number of Topliss-reactive ketones (excluding diaryl/α,β-unsaturated/α-hetero) is 1. The number of rotatable bonds is 9. The molecule has 5 rings (SSSR count). The number of carbonyl (C=O) groups is 5. The molecule has 4 heterocycles. The summed E-state index contributed by atoms with van der Waals surface area (Å²) in [6.45, 7) is 12.8. The van der Waals surface area contributed by atoms with Crippen molar-refractivity contribution in [3.63, 3.8) is 0 Å². The van der Waals surface area contributed by atoms with E-state index in [1.807, 2.05) is 42.4 Å². The minimum Gasteiger partial charge on any atom is -0.481 e. The number of nitrogens with zero attached hydrogens (tertiary/aromatic N) is 3. The Hall–Kier alpha value is -3.45. The van der Waals surface area contributed by atoms with Crippen molar-refractivity contribution in [1.82, 2.24) is 20.0 Å². The summed E-state index contributed by atoms with van der Waals surface area (Å²) in [4.78, 5) is 64.6. The molecule has 4 fully saturated rings. The Morgan fingerprint density at radius 3 is 1.77 bits per heavy atom. The van der Waals surface area contributed by atoms with Crippen LogP contribution < -0.4 is 5.32 Å². The van der Waals surface area contributed by atoms with Gasteiger partial charge in [0.1, 0.15) is 11.4 Å². The molecule has 0 aromatic heterocycles. The first-order chi connectivity index (χ1) is 18.5. The van der Waals surface area contributed by atoms with Gasteiger partial charge in [-0.3, -0.25) is 19.2 Å². The molecule has 0 amide bonds. The average Bonchev–Trinajstić information content (AvgIpc) is 3.64. The van der Waals surface area contributed by atoms with Crippen LogP contribution in [-0.2, 0) is 24.0 Å². The van der Waals surface area contributed by atoms with Gasteiger partial charge < -0.3 is 40.4 Å². The second-order valence-corrected chi connectivity index (χ2v) is 12.6. The van der Waals surface area contributed by atoms with Crippen LogP contribution in [0.3, 0.4) is 0 Å². The Morgan fingerprint density at radius 1 is 0.900 bits per heavy atom. The highest BCUT2D eigenvalue weighted by Crippen LogP contribution is 2.42. The van der Waals surface area contributed by atoms with Gasteiger partial charge >= 0.3 is 17.9 Å². The molecular formula is C27H38N4O9. The van der Waals surface area contributed by atoms with Gasteiger partial charge in [-0.2, -0.15) is 0 Å². The second kappa shape index (κ2) is 10.2. The predicted octanol–water partition coefficient (Wildman–Crippen LogP) is -0.285. The molecule has 13 heteroatoms. The first kappa shape index (κ1) is 29.5. The fourth-order valence-electron chi connectivity index (χ4n) is 6.26. The molecule has 2 atom stereocenters. The topological polar surface area (TPSA) is 187 Å². The maximum atomic E-state index is 12.4.